The number of aromatic nitrogens is 2. The van der Waals surface area contributed by atoms with E-state index in [1.807, 2.05) is 19.9 Å². The Kier molecular flexibility index (Phi) is 4.06. The van der Waals surface area contributed by atoms with Crippen molar-refractivity contribution in [1.29, 1.82) is 0 Å². The van der Waals surface area contributed by atoms with Gasteiger partial charge < -0.3 is 5.32 Å². The van der Waals surface area contributed by atoms with E-state index in [0.29, 0.717) is 24.6 Å². The lowest BCUT2D eigenvalue weighted by Crippen LogP contribution is -2.26. The number of imidazole rings is 1. The highest BCUT2D eigenvalue weighted by molar-refractivity contribution is 7.89. The van der Waals surface area contributed by atoms with E-state index >= 15 is 0 Å². The van der Waals surface area contributed by atoms with Gasteiger partial charge in [0.2, 0.25) is 0 Å². The maximum atomic E-state index is 12.3. The van der Waals surface area contributed by atoms with Crippen molar-refractivity contribution in [3.05, 3.63) is 24.4 Å². The first-order valence-corrected chi connectivity index (χ1v) is 7.79. The number of nitrogens with one attached hydrogen (secondary N) is 2. The highest BCUT2D eigenvalue weighted by atomic mass is 32.2. The Morgan fingerprint density at radius 2 is 2.11 bits per heavy atom. The van der Waals surface area contributed by atoms with Gasteiger partial charge in [0.25, 0.3) is 10.0 Å². The fraction of sp³-hybridized carbons (Fsp3) is 0.417. The third-order valence-electron chi connectivity index (χ3n) is 2.63. The molecule has 0 aromatic carbocycles. The Morgan fingerprint density at radius 3 is 2.79 bits per heavy atom. The van der Waals surface area contributed by atoms with Crippen molar-refractivity contribution in [1.82, 2.24) is 14.1 Å². The molecule has 2 heterocycles. The summed E-state index contributed by atoms with van der Waals surface area (Å²) in [5.41, 5.74) is 0.607. The first-order chi connectivity index (χ1) is 9.10. The third kappa shape index (κ3) is 2.71. The quantitative estimate of drug-likeness (QED) is 0.841. The second-order valence-electron chi connectivity index (χ2n) is 4.12. The Bertz CT molecular complexity index is 663. The molecule has 0 bridgehead atoms. The second-order valence-corrected chi connectivity index (χ2v) is 5.80. The molecule has 2 aromatic heterocycles. The molecule has 2 N–H and O–H groups in total. The van der Waals surface area contributed by atoms with Crippen LogP contribution in [0.4, 0.5) is 5.82 Å². The fourth-order valence-corrected chi connectivity index (χ4v) is 3.21. The summed E-state index contributed by atoms with van der Waals surface area (Å²) in [5.74, 6) is 0.386. The number of fused-ring (bicyclic) bond motifs is 1. The lowest BCUT2D eigenvalue weighted by atomic mass is 10.5. The van der Waals surface area contributed by atoms with Crippen molar-refractivity contribution in [3.8, 4) is 0 Å². The highest BCUT2D eigenvalue weighted by Crippen LogP contribution is 2.22. The van der Waals surface area contributed by atoms with Crippen LogP contribution in [0, 0.1) is 0 Å². The van der Waals surface area contributed by atoms with Crippen LogP contribution in [-0.2, 0) is 10.0 Å². The van der Waals surface area contributed by atoms with Gasteiger partial charge in [-0.25, -0.2) is 18.1 Å². The van der Waals surface area contributed by atoms with E-state index in [0.717, 1.165) is 6.42 Å². The fourth-order valence-electron chi connectivity index (χ4n) is 1.82. The van der Waals surface area contributed by atoms with Gasteiger partial charge in [0.15, 0.2) is 10.8 Å². The largest absolute Gasteiger partial charge is 0.368 e. The third-order valence-corrected chi connectivity index (χ3v) is 4.11. The monoisotopic (exact) mass is 282 g/mol. The molecule has 0 radical (unpaired) electrons. The van der Waals surface area contributed by atoms with Gasteiger partial charge in [-0.1, -0.05) is 13.0 Å². The molecule has 0 aliphatic heterocycles. The molecule has 0 unspecified atom stereocenters. The molecule has 0 amide bonds. The molecule has 7 heteroatoms. The summed E-state index contributed by atoms with van der Waals surface area (Å²) in [4.78, 5) is 4.31. The summed E-state index contributed by atoms with van der Waals surface area (Å²) in [6.45, 7) is 4.84. The molecule has 0 saturated carbocycles. The summed E-state index contributed by atoms with van der Waals surface area (Å²) in [5, 5.41) is 3.16. The number of nitrogens with zero attached hydrogens (tertiary/aromatic N) is 2. The zero-order chi connectivity index (χ0) is 13.9. The molecular formula is C12H18N4O2S. The van der Waals surface area contributed by atoms with Crippen molar-refractivity contribution in [2.24, 2.45) is 0 Å². The van der Waals surface area contributed by atoms with Crippen LogP contribution < -0.4 is 10.0 Å². The van der Waals surface area contributed by atoms with Gasteiger partial charge in [-0.15, -0.1) is 0 Å². The van der Waals surface area contributed by atoms with Crippen molar-refractivity contribution in [2.75, 3.05) is 18.4 Å². The van der Waals surface area contributed by atoms with Gasteiger partial charge in [0, 0.05) is 19.3 Å². The average molecular weight is 282 g/mol. The van der Waals surface area contributed by atoms with E-state index in [9.17, 15) is 8.42 Å². The molecule has 0 aliphatic carbocycles. The summed E-state index contributed by atoms with van der Waals surface area (Å²) in [6.07, 6.45) is 2.44. The molecule has 0 fully saturated rings. The van der Waals surface area contributed by atoms with E-state index in [2.05, 4.69) is 15.0 Å². The molecule has 2 aromatic rings. The molecule has 19 heavy (non-hydrogen) atoms. The zero-order valence-corrected chi connectivity index (χ0v) is 11.9. The average Bonchev–Trinajstić information content (AvgIpc) is 2.75. The molecule has 0 spiro atoms. The summed E-state index contributed by atoms with van der Waals surface area (Å²) >= 11 is 0. The Morgan fingerprint density at radius 1 is 1.32 bits per heavy atom. The van der Waals surface area contributed by atoms with Crippen LogP contribution in [-0.4, -0.2) is 30.9 Å². The van der Waals surface area contributed by atoms with Gasteiger partial charge in [-0.3, -0.25) is 4.40 Å². The highest BCUT2D eigenvalue weighted by Gasteiger charge is 2.24. The summed E-state index contributed by atoms with van der Waals surface area (Å²) < 4.78 is 28.9. The lowest BCUT2D eigenvalue weighted by molar-refractivity contribution is 0.576. The first kappa shape index (κ1) is 13.8. The van der Waals surface area contributed by atoms with E-state index in [-0.39, 0.29) is 5.03 Å². The normalized spacial score (nSPS) is 11.9. The van der Waals surface area contributed by atoms with Crippen LogP contribution in [0.15, 0.2) is 29.4 Å². The van der Waals surface area contributed by atoms with Crippen molar-refractivity contribution >= 4 is 21.5 Å². The van der Waals surface area contributed by atoms with Gasteiger partial charge in [0.05, 0.1) is 0 Å². The van der Waals surface area contributed by atoms with Crippen LogP contribution in [0.2, 0.25) is 0 Å². The molecule has 0 saturated heterocycles. The van der Waals surface area contributed by atoms with Crippen molar-refractivity contribution in [3.63, 3.8) is 0 Å². The Hall–Kier alpha value is -1.60. The standard InChI is InChI=1S/C12H18N4O2S/c1-3-8-14-19(17,18)12-11(13-4-2)15-10-7-5-6-9-16(10)12/h5-7,9,13-14H,3-4,8H2,1-2H3. The Balaban J connectivity index is 2.59. The minimum absolute atomic E-state index is 0.165. The molecule has 0 aliphatic rings. The van der Waals surface area contributed by atoms with Gasteiger partial charge >= 0.3 is 0 Å². The lowest BCUT2D eigenvalue weighted by Gasteiger charge is -2.08. The van der Waals surface area contributed by atoms with Crippen LogP contribution >= 0.6 is 0 Å². The van der Waals surface area contributed by atoms with E-state index < -0.39 is 10.0 Å². The first-order valence-electron chi connectivity index (χ1n) is 6.30. The molecule has 0 atom stereocenters. The predicted molar refractivity (Wildman–Crippen MR) is 74.8 cm³/mol. The number of pyridine rings is 1. The van der Waals surface area contributed by atoms with Crippen molar-refractivity contribution < 1.29 is 8.42 Å². The molecule has 104 valence electrons. The minimum atomic E-state index is -3.57. The van der Waals surface area contributed by atoms with Gasteiger partial charge in [-0.05, 0) is 25.5 Å². The van der Waals surface area contributed by atoms with Crippen LogP contribution in [0.3, 0.4) is 0 Å². The SMILES string of the molecule is CCCNS(=O)(=O)c1c(NCC)nc2ccccn12. The molecule has 2 rings (SSSR count). The zero-order valence-electron chi connectivity index (χ0n) is 11.0. The molecular weight excluding hydrogens is 264 g/mol. The van der Waals surface area contributed by atoms with Crippen LogP contribution in [0.25, 0.3) is 5.65 Å². The number of sulfonamides is 1. The maximum absolute atomic E-state index is 12.3. The van der Waals surface area contributed by atoms with Crippen molar-refractivity contribution in [2.45, 2.75) is 25.3 Å². The van der Waals surface area contributed by atoms with E-state index in [1.165, 1.54) is 0 Å². The minimum Gasteiger partial charge on any atom is -0.368 e. The van der Waals surface area contributed by atoms with Crippen LogP contribution in [0.5, 0.6) is 0 Å². The predicted octanol–water partition coefficient (Wildman–Crippen LogP) is 1.45. The van der Waals surface area contributed by atoms with Crippen LogP contribution in [0.1, 0.15) is 20.3 Å². The number of hydrogen-bond acceptors (Lipinski definition) is 4. The summed E-state index contributed by atoms with van der Waals surface area (Å²) in [7, 11) is -3.57. The second kappa shape index (κ2) is 5.58. The summed E-state index contributed by atoms with van der Waals surface area (Å²) in [6, 6.07) is 5.39. The molecule has 6 nitrogen and oxygen atoms in total. The Labute approximate surface area is 112 Å². The smallest absolute Gasteiger partial charge is 0.260 e. The number of rotatable bonds is 6. The van der Waals surface area contributed by atoms with Gasteiger partial charge in [-0.2, -0.15) is 0 Å². The van der Waals surface area contributed by atoms with Gasteiger partial charge in [0.1, 0.15) is 5.65 Å². The number of hydrogen-bond donors (Lipinski definition) is 2. The van der Waals surface area contributed by atoms with E-state index in [4.69, 9.17) is 0 Å². The topological polar surface area (TPSA) is 75.5 Å². The van der Waals surface area contributed by atoms with E-state index in [1.54, 1.807) is 22.7 Å². The number of anilines is 1. The maximum Gasteiger partial charge on any atom is 0.260 e.